The summed E-state index contributed by atoms with van der Waals surface area (Å²) in [5, 5.41) is 0. The summed E-state index contributed by atoms with van der Waals surface area (Å²) in [6.45, 7) is 0.863. The highest BCUT2D eigenvalue weighted by Crippen LogP contribution is 2.08. The minimum Gasteiger partial charge on any atom is -0.370 e. The van der Waals surface area contributed by atoms with Crippen molar-refractivity contribution in [1.82, 2.24) is 0 Å². The molecule has 0 saturated heterocycles. The predicted molar refractivity (Wildman–Crippen MR) is 66.1 cm³/mol. The summed E-state index contributed by atoms with van der Waals surface area (Å²) in [5.41, 5.74) is 5.03. The molecule has 0 fully saturated rings. The summed E-state index contributed by atoms with van der Waals surface area (Å²) in [7, 11) is 0. The molecule has 2 N–H and O–H groups in total. The molecule has 14 heavy (non-hydrogen) atoms. The van der Waals surface area contributed by atoms with Crippen LogP contribution < -0.4 is 5.73 Å². The standard InChI is InChI=1S/C10H20INO2/c11-14-9-7-5-3-1-2-4-6-8-10(12)13/h1-9H2,(H2,12,13). The number of hydrogen-bond donors (Lipinski definition) is 1. The Morgan fingerprint density at radius 1 is 1.00 bits per heavy atom. The maximum absolute atomic E-state index is 10.4. The molecular formula is C10H20INO2. The number of halogens is 1. The van der Waals surface area contributed by atoms with Gasteiger partial charge in [-0.05, 0) is 12.8 Å². The van der Waals surface area contributed by atoms with Crippen LogP contribution in [0.1, 0.15) is 51.4 Å². The van der Waals surface area contributed by atoms with Crippen LogP contribution in [0.3, 0.4) is 0 Å². The number of hydrogen-bond acceptors (Lipinski definition) is 2. The monoisotopic (exact) mass is 313 g/mol. The lowest BCUT2D eigenvalue weighted by molar-refractivity contribution is -0.118. The van der Waals surface area contributed by atoms with Gasteiger partial charge in [0.05, 0.1) is 6.61 Å². The van der Waals surface area contributed by atoms with E-state index in [0.29, 0.717) is 6.42 Å². The number of carbonyl (C=O) groups excluding carboxylic acids is 1. The first-order valence-electron chi connectivity index (χ1n) is 5.29. The maximum atomic E-state index is 10.4. The van der Waals surface area contributed by atoms with Gasteiger partial charge in [-0.25, -0.2) is 0 Å². The van der Waals surface area contributed by atoms with Gasteiger partial charge in [-0.2, -0.15) is 0 Å². The maximum Gasteiger partial charge on any atom is 0.217 e. The van der Waals surface area contributed by atoms with Crippen molar-refractivity contribution >= 4 is 28.9 Å². The van der Waals surface area contributed by atoms with Crippen LogP contribution in [-0.2, 0) is 7.86 Å². The van der Waals surface area contributed by atoms with Gasteiger partial charge in [0.25, 0.3) is 0 Å². The van der Waals surface area contributed by atoms with E-state index >= 15 is 0 Å². The molecule has 0 atom stereocenters. The molecule has 3 nitrogen and oxygen atoms in total. The first-order chi connectivity index (χ1) is 6.77. The molecule has 0 aromatic heterocycles. The zero-order valence-electron chi connectivity index (χ0n) is 8.64. The fourth-order valence-electron chi connectivity index (χ4n) is 1.34. The van der Waals surface area contributed by atoms with Gasteiger partial charge in [0.2, 0.25) is 5.91 Å². The van der Waals surface area contributed by atoms with Crippen molar-refractivity contribution in [3.63, 3.8) is 0 Å². The van der Waals surface area contributed by atoms with Crippen molar-refractivity contribution in [2.75, 3.05) is 6.61 Å². The van der Waals surface area contributed by atoms with E-state index in [4.69, 9.17) is 8.80 Å². The number of carbonyl (C=O) groups is 1. The number of primary amides is 1. The highest BCUT2D eigenvalue weighted by Gasteiger charge is 1.94. The zero-order valence-corrected chi connectivity index (χ0v) is 10.8. The molecule has 0 heterocycles. The van der Waals surface area contributed by atoms with Crippen LogP contribution in [0.2, 0.25) is 0 Å². The molecule has 0 aromatic rings. The SMILES string of the molecule is NC(=O)CCCCCCCCCOI. The molecule has 0 radical (unpaired) electrons. The first kappa shape index (κ1) is 14.2. The van der Waals surface area contributed by atoms with Crippen molar-refractivity contribution in [2.45, 2.75) is 51.4 Å². The molecule has 0 bridgehead atoms. The topological polar surface area (TPSA) is 52.3 Å². The van der Waals surface area contributed by atoms with Crippen LogP contribution in [0.5, 0.6) is 0 Å². The van der Waals surface area contributed by atoms with Gasteiger partial charge in [0.1, 0.15) is 23.0 Å². The molecule has 0 aliphatic heterocycles. The Hall–Kier alpha value is 0.160. The molecule has 0 aliphatic carbocycles. The van der Waals surface area contributed by atoms with Crippen LogP contribution in [0.4, 0.5) is 0 Å². The molecule has 0 rings (SSSR count). The fourth-order valence-corrected chi connectivity index (χ4v) is 1.65. The Kier molecular flexibility index (Phi) is 11.4. The van der Waals surface area contributed by atoms with E-state index in [1.807, 2.05) is 23.0 Å². The van der Waals surface area contributed by atoms with Gasteiger partial charge in [-0.15, -0.1) is 0 Å². The van der Waals surface area contributed by atoms with Crippen LogP contribution in [0, 0.1) is 0 Å². The lowest BCUT2D eigenvalue weighted by Gasteiger charge is -2.00. The molecule has 0 aliphatic rings. The first-order valence-corrected chi connectivity index (χ1v) is 6.17. The van der Waals surface area contributed by atoms with Gasteiger partial charge in [0.15, 0.2) is 0 Å². The number of nitrogens with two attached hydrogens (primary N) is 1. The second-order valence-corrected chi connectivity index (χ2v) is 4.13. The summed E-state index contributed by atoms with van der Waals surface area (Å²) in [5.74, 6) is -0.177. The van der Waals surface area contributed by atoms with Crippen LogP contribution in [-0.4, -0.2) is 12.5 Å². The third-order valence-corrected chi connectivity index (χ3v) is 2.59. The van der Waals surface area contributed by atoms with Crippen LogP contribution in [0.25, 0.3) is 0 Å². The molecule has 0 unspecified atom stereocenters. The van der Waals surface area contributed by atoms with Crippen molar-refractivity contribution in [3.8, 4) is 0 Å². The Balaban J connectivity index is 2.88. The fraction of sp³-hybridized carbons (Fsp3) is 0.900. The van der Waals surface area contributed by atoms with Gasteiger partial charge < -0.3 is 8.80 Å². The molecule has 0 spiro atoms. The predicted octanol–water partition coefficient (Wildman–Crippen LogP) is 2.96. The summed E-state index contributed by atoms with van der Waals surface area (Å²) < 4.78 is 4.93. The van der Waals surface area contributed by atoms with E-state index in [-0.39, 0.29) is 5.91 Å². The van der Waals surface area contributed by atoms with Crippen molar-refractivity contribution < 1.29 is 7.86 Å². The summed E-state index contributed by atoms with van der Waals surface area (Å²) in [4.78, 5) is 10.4. The average Bonchev–Trinajstić information content (AvgIpc) is 2.15. The molecule has 4 heteroatoms. The average molecular weight is 313 g/mol. The van der Waals surface area contributed by atoms with E-state index < -0.39 is 0 Å². The Morgan fingerprint density at radius 3 is 2.00 bits per heavy atom. The number of rotatable bonds is 10. The second kappa shape index (κ2) is 11.2. The molecule has 1 amide bonds. The molecule has 0 saturated carbocycles. The van der Waals surface area contributed by atoms with E-state index in [0.717, 1.165) is 25.9 Å². The van der Waals surface area contributed by atoms with E-state index in [9.17, 15) is 4.79 Å². The highest BCUT2D eigenvalue weighted by atomic mass is 127. The Labute approximate surface area is 100 Å². The second-order valence-electron chi connectivity index (χ2n) is 3.50. The largest absolute Gasteiger partial charge is 0.370 e. The number of unbranched alkanes of at least 4 members (excludes halogenated alkanes) is 6. The van der Waals surface area contributed by atoms with Gasteiger partial charge >= 0.3 is 0 Å². The normalized spacial score (nSPS) is 10.4. The van der Waals surface area contributed by atoms with Crippen molar-refractivity contribution in [3.05, 3.63) is 0 Å². The zero-order chi connectivity index (χ0) is 10.6. The van der Waals surface area contributed by atoms with Crippen molar-refractivity contribution in [2.24, 2.45) is 5.73 Å². The minimum atomic E-state index is -0.177. The number of amides is 1. The van der Waals surface area contributed by atoms with E-state index in [2.05, 4.69) is 0 Å². The minimum absolute atomic E-state index is 0.177. The third-order valence-electron chi connectivity index (χ3n) is 2.14. The smallest absolute Gasteiger partial charge is 0.217 e. The Bertz CT molecular complexity index is 142. The van der Waals surface area contributed by atoms with Gasteiger partial charge in [-0.3, -0.25) is 4.79 Å². The van der Waals surface area contributed by atoms with Crippen molar-refractivity contribution in [1.29, 1.82) is 0 Å². The van der Waals surface area contributed by atoms with Gasteiger partial charge in [-0.1, -0.05) is 32.1 Å². The third kappa shape index (κ3) is 12.2. The summed E-state index contributed by atoms with van der Waals surface area (Å²) in [6, 6.07) is 0. The molecular weight excluding hydrogens is 293 g/mol. The quantitative estimate of drug-likeness (QED) is 0.498. The van der Waals surface area contributed by atoms with Crippen LogP contribution in [0.15, 0.2) is 0 Å². The highest BCUT2D eigenvalue weighted by molar-refractivity contribution is 14.1. The van der Waals surface area contributed by atoms with Gasteiger partial charge in [0, 0.05) is 6.42 Å². The van der Waals surface area contributed by atoms with E-state index in [1.54, 1.807) is 0 Å². The van der Waals surface area contributed by atoms with Crippen LogP contribution >= 0.6 is 23.0 Å². The lowest BCUT2D eigenvalue weighted by atomic mass is 10.1. The van der Waals surface area contributed by atoms with E-state index in [1.165, 1.54) is 25.7 Å². The lowest BCUT2D eigenvalue weighted by Crippen LogP contribution is -2.09. The summed E-state index contributed by atoms with van der Waals surface area (Å²) in [6.07, 6.45) is 8.79. The molecule has 84 valence electrons. The summed E-state index contributed by atoms with van der Waals surface area (Å²) >= 11 is 1.93. The Morgan fingerprint density at radius 2 is 1.50 bits per heavy atom. The molecule has 0 aromatic carbocycles.